The van der Waals surface area contributed by atoms with E-state index in [-0.39, 0.29) is 36.6 Å². The van der Waals surface area contributed by atoms with E-state index in [0.717, 1.165) is 0 Å². The van der Waals surface area contributed by atoms with Crippen molar-refractivity contribution < 1.29 is 26.7 Å². The van der Waals surface area contributed by atoms with E-state index in [2.05, 4.69) is 15.3 Å². The summed E-state index contributed by atoms with van der Waals surface area (Å²) in [6.07, 6.45) is 0.841. The van der Waals surface area contributed by atoms with Gasteiger partial charge in [0, 0.05) is 37.4 Å². The van der Waals surface area contributed by atoms with Gasteiger partial charge in [-0.2, -0.15) is 0 Å². The van der Waals surface area contributed by atoms with Crippen LogP contribution >= 0.6 is 0 Å². The highest BCUT2D eigenvalue weighted by Crippen LogP contribution is 2.39. The third-order valence-electron chi connectivity index (χ3n) is 5.94. The van der Waals surface area contributed by atoms with Gasteiger partial charge in [-0.3, -0.25) is 0 Å². The zero-order valence-electron chi connectivity index (χ0n) is 19.1. The highest BCUT2D eigenvalue weighted by atomic mass is 32.2. The van der Waals surface area contributed by atoms with E-state index in [1.807, 2.05) is 4.90 Å². The first-order valence-corrected chi connectivity index (χ1v) is 12.5. The number of hydrogen-bond donors (Lipinski definition) is 1. The molecule has 1 fully saturated rings. The number of hydrogen-bond acceptors (Lipinski definition) is 8. The third-order valence-corrected chi connectivity index (χ3v) is 7.67. The molecule has 1 aliphatic heterocycles. The number of piperidine rings is 1. The summed E-state index contributed by atoms with van der Waals surface area (Å²) in [4.78, 5) is 10.6. The van der Waals surface area contributed by atoms with Crippen molar-refractivity contribution in [3.05, 3.63) is 36.7 Å². The predicted molar refractivity (Wildman–Crippen MR) is 126 cm³/mol. The van der Waals surface area contributed by atoms with Crippen molar-refractivity contribution in [2.45, 2.75) is 30.6 Å². The molecule has 2 heterocycles. The molecule has 0 amide bonds. The molecule has 3 aromatic rings. The largest absolute Gasteiger partial charge is 0.493 e. The molecule has 11 heteroatoms. The van der Waals surface area contributed by atoms with Crippen LogP contribution in [0.1, 0.15) is 19.8 Å². The van der Waals surface area contributed by atoms with Gasteiger partial charge >= 0.3 is 0 Å². The number of methoxy groups -OCH3 is 2. The average Bonchev–Trinajstić information content (AvgIpc) is 2.83. The summed E-state index contributed by atoms with van der Waals surface area (Å²) in [6.45, 7) is 1.87. The first-order valence-electron chi connectivity index (χ1n) is 10.8. The van der Waals surface area contributed by atoms with E-state index >= 15 is 0 Å². The predicted octanol–water partition coefficient (Wildman–Crippen LogP) is 4.42. The van der Waals surface area contributed by atoms with Crippen molar-refractivity contribution in [3.8, 4) is 11.5 Å². The molecule has 4 rings (SSSR count). The number of nitrogens with zero attached hydrogens (tertiary/aromatic N) is 3. The van der Waals surface area contributed by atoms with Gasteiger partial charge in [0.2, 0.25) is 0 Å². The summed E-state index contributed by atoms with van der Waals surface area (Å²) in [6, 6.07) is 8.13. The summed E-state index contributed by atoms with van der Waals surface area (Å²) in [7, 11) is -0.445. The summed E-state index contributed by atoms with van der Waals surface area (Å²) < 4.78 is 63.3. The Bertz CT molecular complexity index is 1310. The number of fused-ring (bicyclic) bond motifs is 1. The number of benzene rings is 2. The van der Waals surface area contributed by atoms with Crippen LogP contribution in [-0.2, 0) is 9.84 Å². The number of nitrogens with one attached hydrogen (secondary N) is 1. The smallest absolute Gasteiger partial charge is 0.251 e. The Labute approximate surface area is 196 Å². The van der Waals surface area contributed by atoms with E-state index < -0.39 is 15.8 Å². The summed E-state index contributed by atoms with van der Waals surface area (Å²) in [5, 5.41) is 3.84. The fourth-order valence-corrected chi connectivity index (χ4v) is 4.84. The second kappa shape index (κ2) is 9.21. The Morgan fingerprint density at radius 3 is 2.38 bits per heavy atom. The van der Waals surface area contributed by atoms with Crippen LogP contribution in [0.4, 0.5) is 26.0 Å². The van der Waals surface area contributed by atoms with Gasteiger partial charge in [-0.1, -0.05) is 6.92 Å². The lowest BCUT2D eigenvalue weighted by Crippen LogP contribution is -2.39. The standard InChI is InChI=1S/C23H26F2N4O4S/c1-4-34(30,31)15-5-6-19(29-9-7-23(24,25)8-10-29)18(11-15)28-22-16-12-20(32-2)21(33-3)13-17(16)26-14-27-22/h5-6,11-14H,4,7-10H2,1-3H3,(H,26,27,28). The minimum atomic E-state index is -3.49. The molecule has 0 saturated carbocycles. The topological polar surface area (TPSA) is 93.7 Å². The number of sulfone groups is 1. The van der Waals surface area contributed by atoms with E-state index in [1.54, 1.807) is 25.1 Å². The molecule has 0 aliphatic carbocycles. The zero-order chi connectivity index (χ0) is 24.5. The highest BCUT2D eigenvalue weighted by molar-refractivity contribution is 7.91. The molecule has 8 nitrogen and oxygen atoms in total. The molecule has 2 aromatic carbocycles. The van der Waals surface area contributed by atoms with Crippen molar-refractivity contribution in [1.29, 1.82) is 0 Å². The molecule has 0 unspecified atom stereocenters. The Hall–Kier alpha value is -3.21. The van der Waals surface area contributed by atoms with Crippen LogP contribution < -0.4 is 19.7 Å². The monoisotopic (exact) mass is 492 g/mol. The molecule has 1 N–H and O–H groups in total. The Kier molecular flexibility index (Phi) is 6.48. The van der Waals surface area contributed by atoms with Gasteiger partial charge in [0.15, 0.2) is 21.3 Å². The van der Waals surface area contributed by atoms with Crippen LogP contribution in [-0.4, -0.2) is 57.4 Å². The quantitative estimate of drug-likeness (QED) is 0.518. The summed E-state index contributed by atoms with van der Waals surface area (Å²) >= 11 is 0. The van der Waals surface area contributed by atoms with Crippen LogP contribution in [0.2, 0.25) is 0 Å². The molecule has 1 saturated heterocycles. The SMILES string of the molecule is CCS(=O)(=O)c1ccc(N2CCC(F)(F)CC2)c(Nc2ncnc3cc(OC)c(OC)cc23)c1. The maximum atomic E-state index is 13.8. The number of aromatic nitrogens is 2. The second-order valence-electron chi connectivity index (χ2n) is 8.00. The van der Waals surface area contributed by atoms with Gasteiger partial charge in [0.25, 0.3) is 5.92 Å². The van der Waals surface area contributed by atoms with Gasteiger partial charge in [0.05, 0.1) is 41.8 Å². The molecule has 34 heavy (non-hydrogen) atoms. The van der Waals surface area contributed by atoms with Crippen molar-refractivity contribution in [2.75, 3.05) is 43.3 Å². The minimum Gasteiger partial charge on any atom is -0.493 e. The van der Waals surface area contributed by atoms with Crippen LogP contribution in [0.15, 0.2) is 41.6 Å². The van der Waals surface area contributed by atoms with Crippen LogP contribution in [0.25, 0.3) is 10.9 Å². The van der Waals surface area contributed by atoms with E-state index in [0.29, 0.717) is 39.6 Å². The molecule has 0 bridgehead atoms. The van der Waals surface area contributed by atoms with Crippen LogP contribution in [0.3, 0.4) is 0 Å². The van der Waals surface area contributed by atoms with Gasteiger partial charge in [-0.25, -0.2) is 27.2 Å². The molecule has 0 atom stereocenters. The Balaban J connectivity index is 1.81. The zero-order valence-corrected chi connectivity index (χ0v) is 20.0. The number of rotatable bonds is 7. The minimum absolute atomic E-state index is 0.0604. The van der Waals surface area contributed by atoms with Gasteiger partial charge in [0.1, 0.15) is 12.1 Å². The first-order chi connectivity index (χ1) is 16.2. The second-order valence-corrected chi connectivity index (χ2v) is 10.3. The molecule has 182 valence electrons. The molecular weight excluding hydrogens is 466 g/mol. The van der Waals surface area contributed by atoms with Crippen molar-refractivity contribution in [3.63, 3.8) is 0 Å². The van der Waals surface area contributed by atoms with Crippen LogP contribution in [0.5, 0.6) is 11.5 Å². The highest BCUT2D eigenvalue weighted by Gasteiger charge is 2.34. The first kappa shape index (κ1) is 23.9. The third kappa shape index (κ3) is 4.70. The van der Waals surface area contributed by atoms with E-state index in [9.17, 15) is 17.2 Å². The van der Waals surface area contributed by atoms with E-state index in [4.69, 9.17) is 9.47 Å². The number of ether oxygens (including phenoxy) is 2. The number of anilines is 3. The fourth-order valence-electron chi connectivity index (χ4n) is 3.94. The van der Waals surface area contributed by atoms with Crippen LogP contribution in [0, 0.1) is 0 Å². The fraction of sp³-hybridized carbons (Fsp3) is 0.391. The Morgan fingerprint density at radius 1 is 1.06 bits per heavy atom. The molecule has 1 aromatic heterocycles. The van der Waals surface area contributed by atoms with Gasteiger partial charge in [-0.05, 0) is 24.3 Å². The van der Waals surface area contributed by atoms with Gasteiger partial charge in [-0.15, -0.1) is 0 Å². The maximum Gasteiger partial charge on any atom is 0.251 e. The van der Waals surface area contributed by atoms with Crippen molar-refractivity contribution in [1.82, 2.24) is 9.97 Å². The molecule has 1 aliphatic rings. The molecule has 0 spiro atoms. The van der Waals surface area contributed by atoms with E-state index in [1.165, 1.54) is 32.7 Å². The lowest BCUT2D eigenvalue weighted by molar-refractivity contribution is -0.0220. The molecular formula is C23H26F2N4O4S. The number of halogens is 2. The van der Waals surface area contributed by atoms with Crippen molar-refractivity contribution in [2.24, 2.45) is 0 Å². The lowest BCUT2D eigenvalue weighted by Gasteiger charge is -2.34. The van der Waals surface area contributed by atoms with Crippen molar-refractivity contribution >= 4 is 37.9 Å². The van der Waals surface area contributed by atoms with Gasteiger partial charge < -0.3 is 19.7 Å². The molecule has 0 radical (unpaired) electrons. The summed E-state index contributed by atoms with van der Waals surface area (Å²) in [5.41, 5.74) is 1.67. The normalized spacial score (nSPS) is 15.9. The maximum absolute atomic E-state index is 13.8. The number of alkyl halides is 2. The lowest BCUT2D eigenvalue weighted by atomic mass is 10.1. The average molecular weight is 493 g/mol. The summed E-state index contributed by atoms with van der Waals surface area (Å²) in [5.74, 6) is -1.36. The Morgan fingerprint density at radius 2 is 1.74 bits per heavy atom.